The highest BCUT2D eigenvalue weighted by atomic mass is 35.5. The summed E-state index contributed by atoms with van der Waals surface area (Å²) in [5.74, 6) is -0.122. The van der Waals surface area contributed by atoms with E-state index in [1.54, 1.807) is 10.7 Å². The molecule has 0 aliphatic rings. The van der Waals surface area contributed by atoms with Crippen LogP contribution >= 0.6 is 11.6 Å². The number of halogens is 1. The van der Waals surface area contributed by atoms with Crippen LogP contribution in [0.15, 0.2) is 79.5 Å². The van der Waals surface area contributed by atoms with Crippen LogP contribution in [0.25, 0.3) is 27.9 Å². The average Bonchev–Trinajstić information content (AvgIpc) is 3.42. The highest BCUT2D eigenvalue weighted by Gasteiger charge is 2.12. The summed E-state index contributed by atoms with van der Waals surface area (Å²) in [6.07, 6.45) is 7.49. The Balaban J connectivity index is 1.37. The SMILES string of the molecule is Cn1cc(-c2cc3c(-c4ccc(NC(=O)Cc5ccccc5Cl)cc4)ncnn3c2)cn1. The molecule has 7 nitrogen and oxygen atoms in total. The predicted molar refractivity (Wildman–Crippen MR) is 124 cm³/mol. The van der Waals surface area contributed by atoms with Crippen molar-refractivity contribution in [2.75, 3.05) is 5.32 Å². The summed E-state index contributed by atoms with van der Waals surface area (Å²) in [5, 5.41) is 12.1. The number of carbonyl (C=O) groups excluding carboxylic acids is 1. The standard InChI is InChI=1S/C24H19ClN6O/c1-30-13-19(12-27-30)18-10-22-24(26-15-28-31(22)14-18)16-6-8-20(9-7-16)29-23(32)11-17-4-2-3-5-21(17)25/h2-10,12-15H,11H2,1H3,(H,29,32). The van der Waals surface area contributed by atoms with Gasteiger partial charge in [0.1, 0.15) is 6.33 Å². The zero-order chi connectivity index (χ0) is 22.1. The molecule has 8 heteroatoms. The molecule has 1 amide bonds. The lowest BCUT2D eigenvalue weighted by molar-refractivity contribution is -0.115. The Morgan fingerprint density at radius 3 is 2.56 bits per heavy atom. The van der Waals surface area contributed by atoms with Crippen molar-refractivity contribution in [1.29, 1.82) is 0 Å². The number of nitrogens with zero attached hydrogens (tertiary/aromatic N) is 5. The zero-order valence-electron chi connectivity index (χ0n) is 17.2. The van der Waals surface area contributed by atoms with Crippen molar-refractivity contribution in [2.24, 2.45) is 7.05 Å². The van der Waals surface area contributed by atoms with E-state index in [4.69, 9.17) is 11.6 Å². The highest BCUT2D eigenvalue weighted by Crippen LogP contribution is 2.28. The first kappa shape index (κ1) is 20.0. The van der Waals surface area contributed by atoms with E-state index in [2.05, 4.69) is 20.5 Å². The van der Waals surface area contributed by atoms with E-state index < -0.39 is 0 Å². The van der Waals surface area contributed by atoms with Crippen molar-refractivity contribution in [1.82, 2.24) is 24.4 Å². The molecular weight excluding hydrogens is 424 g/mol. The maximum atomic E-state index is 12.4. The average molecular weight is 443 g/mol. The van der Waals surface area contributed by atoms with E-state index >= 15 is 0 Å². The number of anilines is 1. The largest absolute Gasteiger partial charge is 0.326 e. The Labute approximate surface area is 189 Å². The molecule has 32 heavy (non-hydrogen) atoms. The van der Waals surface area contributed by atoms with Gasteiger partial charge in [0.05, 0.1) is 23.8 Å². The van der Waals surface area contributed by atoms with Gasteiger partial charge in [0.25, 0.3) is 0 Å². The van der Waals surface area contributed by atoms with Gasteiger partial charge in [-0.3, -0.25) is 9.48 Å². The molecule has 3 aromatic heterocycles. The van der Waals surface area contributed by atoms with Gasteiger partial charge >= 0.3 is 0 Å². The maximum Gasteiger partial charge on any atom is 0.228 e. The van der Waals surface area contributed by atoms with E-state index in [1.807, 2.05) is 78.7 Å². The minimum atomic E-state index is -0.122. The molecule has 158 valence electrons. The molecule has 2 aromatic carbocycles. The first-order valence-electron chi connectivity index (χ1n) is 10.0. The van der Waals surface area contributed by atoms with Gasteiger partial charge in [0.15, 0.2) is 0 Å². The summed E-state index contributed by atoms with van der Waals surface area (Å²) < 4.78 is 3.58. The minimum absolute atomic E-state index is 0.122. The number of aryl methyl sites for hydroxylation is 1. The molecule has 0 atom stereocenters. The second-order valence-corrected chi connectivity index (χ2v) is 7.87. The van der Waals surface area contributed by atoms with Crippen molar-refractivity contribution in [3.05, 3.63) is 90.1 Å². The van der Waals surface area contributed by atoms with Crippen molar-refractivity contribution in [3.8, 4) is 22.4 Å². The number of benzene rings is 2. The molecule has 0 spiro atoms. The van der Waals surface area contributed by atoms with E-state index in [1.165, 1.54) is 6.33 Å². The fraction of sp³-hybridized carbons (Fsp3) is 0.0833. The first-order chi connectivity index (χ1) is 15.6. The normalized spacial score (nSPS) is 11.1. The van der Waals surface area contributed by atoms with Crippen molar-refractivity contribution in [2.45, 2.75) is 6.42 Å². The van der Waals surface area contributed by atoms with Crippen molar-refractivity contribution in [3.63, 3.8) is 0 Å². The lowest BCUT2D eigenvalue weighted by Crippen LogP contribution is -2.14. The monoisotopic (exact) mass is 442 g/mol. The summed E-state index contributed by atoms with van der Waals surface area (Å²) >= 11 is 6.15. The number of hydrogen-bond donors (Lipinski definition) is 1. The number of nitrogens with one attached hydrogen (secondary N) is 1. The lowest BCUT2D eigenvalue weighted by atomic mass is 10.1. The predicted octanol–water partition coefficient (Wildman–Crippen LogP) is 4.63. The van der Waals surface area contributed by atoms with Crippen molar-refractivity contribution >= 4 is 28.7 Å². The van der Waals surface area contributed by atoms with Crippen LogP contribution in [0.1, 0.15) is 5.56 Å². The van der Waals surface area contributed by atoms with Crippen LogP contribution in [0.3, 0.4) is 0 Å². The summed E-state index contributed by atoms with van der Waals surface area (Å²) in [6.45, 7) is 0. The van der Waals surface area contributed by atoms with E-state index in [-0.39, 0.29) is 12.3 Å². The molecule has 5 rings (SSSR count). The quantitative estimate of drug-likeness (QED) is 0.430. The molecule has 5 aromatic rings. The summed E-state index contributed by atoms with van der Waals surface area (Å²) in [5.41, 5.74) is 6.17. The third kappa shape index (κ3) is 3.98. The van der Waals surface area contributed by atoms with Crippen LogP contribution < -0.4 is 5.32 Å². The van der Waals surface area contributed by atoms with E-state index in [9.17, 15) is 4.79 Å². The van der Waals surface area contributed by atoms with Gasteiger partial charge in [-0.2, -0.15) is 10.2 Å². The summed E-state index contributed by atoms with van der Waals surface area (Å²) in [6, 6.07) is 17.0. The second kappa shape index (κ2) is 8.28. The Kier molecular flexibility index (Phi) is 5.17. The van der Waals surface area contributed by atoms with Crippen LogP contribution in [-0.2, 0) is 18.3 Å². The molecule has 1 N–H and O–H groups in total. The third-order valence-corrected chi connectivity index (χ3v) is 5.56. The van der Waals surface area contributed by atoms with Gasteiger partial charge in [0.2, 0.25) is 5.91 Å². The molecule has 0 aliphatic heterocycles. The fourth-order valence-electron chi connectivity index (χ4n) is 3.61. The number of fused-ring (bicyclic) bond motifs is 1. The Morgan fingerprint density at radius 2 is 1.81 bits per heavy atom. The third-order valence-electron chi connectivity index (χ3n) is 5.20. The van der Waals surface area contributed by atoms with Crippen molar-refractivity contribution < 1.29 is 4.79 Å². The van der Waals surface area contributed by atoms with Gasteiger partial charge in [-0.25, -0.2) is 9.50 Å². The fourth-order valence-corrected chi connectivity index (χ4v) is 3.81. The first-order valence-corrected chi connectivity index (χ1v) is 10.4. The number of aromatic nitrogens is 5. The number of rotatable bonds is 5. The second-order valence-electron chi connectivity index (χ2n) is 7.46. The van der Waals surface area contributed by atoms with Crippen LogP contribution in [0.5, 0.6) is 0 Å². The molecule has 3 heterocycles. The summed E-state index contributed by atoms with van der Waals surface area (Å²) in [7, 11) is 1.89. The number of hydrogen-bond acceptors (Lipinski definition) is 4. The molecule has 0 unspecified atom stereocenters. The molecule has 0 bridgehead atoms. The zero-order valence-corrected chi connectivity index (χ0v) is 18.0. The van der Waals surface area contributed by atoms with Gasteiger partial charge in [-0.1, -0.05) is 41.9 Å². The topological polar surface area (TPSA) is 77.1 Å². The van der Waals surface area contributed by atoms with E-state index in [0.29, 0.717) is 10.7 Å². The molecule has 0 aliphatic carbocycles. The summed E-state index contributed by atoms with van der Waals surface area (Å²) in [4.78, 5) is 16.9. The van der Waals surface area contributed by atoms with Crippen LogP contribution in [0.4, 0.5) is 5.69 Å². The maximum absolute atomic E-state index is 12.4. The number of amides is 1. The molecule has 0 fully saturated rings. The van der Waals surface area contributed by atoms with Gasteiger partial charge in [0, 0.05) is 46.8 Å². The van der Waals surface area contributed by atoms with Gasteiger partial charge in [-0.15, -0.1) is 0 Å². The van der Waals surface area contributed by atoms with Gasteiger partial charge in [-0.05, 0) is 29.8 Å². The Hall–Kier alpha value is -3.97. The molecule has 0 saturated heterocycles. The molecular formula is C24H19ClN6O. The molecule has 0 radical (unpaired) electrons. The van der Waals surface area contributed by atoms with Crippen LogP contribution in [0, 0.1) is 0 Å². The van der Waals surface area contributed by atoms with E-state index in [0.717, 1.165) is 33.5 Å². The number of carbonyl (C=O) groups is 1. The molecule has 0 saturated carbocycles. The highest BCUT2D eigenvalue weighted by molar-refractivity contribution is 6.31. The van der Waals surface area contributed by atoms with Gasteiger partial charge < -0.3 is 5.32 Å². The smallest absolute Gasteiger partial charge is 0.228 e. The lowest BCUT2D eigenvalue weighted by Gasteiger charge is -2.08. The van der Waals surface area contributed by atoms with Crippen LogP contribution in [-0.4, -0.2) is 30.3 Å². The Morgan fingerprint density at radius 1 is 1.00 bits per heavy atom. The Bertz CT molecular complexity index is 1420. The van der Waals surface area contributed by atoms with Crippen LogP contribution in [0.2, 0.25) is 5.02 Å². The minimum Gasteiger partial charge on any atom is -0.326 e.